The summed E-state index contributed by atoms with van der Waals surface area (Å²) in [6.45, 7) is 1.86. The Kier molecular flexibility index (Phi) is 5.61. The van der Waals surface area contributed by atoms with Crippen LogP contribution in [0.25, 0.3) is 16.8 Å². The van der Waals surface area contributed by atoms with Gasteiger partial charge in [0, 0.05) is 34.4 Å². The van der Waals surface area contributed by atoms with E-state index in [-0.39, 0.29) is 11.7 Å². The van der Waals surface area contributed by atoms with E-state index in [2.05, 4.69) is 5.32 Å². The fourth-order valence-electron chi connectivity index (χ4n) is 3.20. The van der Waals surface area contributed by atoms with E-state index in [1.54, 1.807) is 24.3 Å². The van der Waals surface area contributed by atoms with E-state index in [9.17, 15) is 9.18 Å². The van der Waals surface area contributed by atoms with Crippen molar-refractivity contribution in [3.8, 4) is 22.6 Å². The number of hydrogen-bond donors (Lipinski definition) is 1. The molecule has 0 radical (unpaired) electrons. The Hall–Kier alpha value is -3.09. The lowest BCUT2D eigenvalue weighted by molar-refractivity contribution is 0.103. The molecule has 30 heavy (non-hydrogen) atoms. The van der Waals surface area contributed by atoms with Gasteiger partial charge in [0.1, 0.15) is 16.4 Å². The van der Waals surface area contributed by atoms with Gasteiger partial charge in [0.25, 0.3) is 5.91 Å². The molecule has 0 bridgehead atoms. The number of amides is 1. The van der Waals surface area contributed by atoms with Gasteiger partial charge in [-0.1, -0.05) is 23.7 Å². The van der Waals surface area contributed by atoms with Gasteiger partial charge < -0.3 is 14.6 Å². The van der Waals surface area contributed by atoms with Crippen LogP contribution in [-0.2, 0) is 0 Å². The molecule has 0 atom stereocenters. The van der Waals surface area contributed by atoms with Crippen molar-refractivity contribution in [3.63, 3.8) is 0 Å². The van der Waals surface area contributed by atoms with Gasteiger partial charge in [-0.15, -0.1) is 11.3 Å². The fourth-order valence-corrected chi connectivity index (χ4v) is 4.32. The average Bonchev–Trinajstić information content (AvgIpc) is 3.40. The summed E-state index contributed by atoms with van der Waals surface area (Å²) in [6, 6.07) is 13.5. The Morgan fingerprint density at radius 1 is 1.17 bits per heavy atom. The largest absolute Gasteiger partial charge is 0.495 e. The van der Waals surface area contributed by atoms with Gasteiger partial charge in [0.2, 0.25) is 0 Å². The molecule has 0 aliphatic carbocycles. The second-order valence-electron chi connectivity index (χ2n) is 6.68. The lowest BCUT2D eigenvalue weighted by atomic mass is 10.1. The zero-order valence-electron chi connectivity index (χ0n) is 16.3. The Morgan fingerprint density at radius 2 is 1.87 bits per heavy atom. The van der Waals surface area contributed by atoms with Crippen molar-refractivity contribution in [1.29, 1.82) is 0 Å². The van der Waals surface area contributed by atoms with Gasteiger partial charge >= 0.3 is 0 Å². The Morgan fingerprint density at radius 3 is 2.53 bits per heavy atom. The predicted octanol–water partition coefficient (Wildman–Crippen LogP) is 6.57. The standard InChI is InChI=1S/C23H18ClFN2O2S/c1-14-11-19(20(29-2)12-18(14)24)26-23(28)22-21(27-9-3-4-10-27)17(13-30-22)15-5-7-16(25)8-6-15/h3-13H,1-2H3,(H,26,28). The summed E-state index contributed by atoms with van der Waals surface area (Å²) in [7, 11) is 1.53. The molecule has 0 saturated carbocycles. The molecule has 7 heteroatoms. The van der Waals surface area contributed by atoms with Crippen molar-refractivity contribution < 1.29 is 13.9 Å². The van der Waals surface area contributed by atoms with Crippen LogP contribution in [0.5, 0.6) is 5.75 Å². The van der Waals surface area contributed by atoms with Crippen LogP contribution in [0.2, 0.25) is 5.02 Å². The predicted molar refractivity (Wildman–Crippen MR) is 120 cm³/mol. The van der Waals surface area contributed by atoms with Crippen LogP contribution in [0.4, 0.5) is 10.1 Å². The molecule has 0 unspecified atom stereocenters. The lowest BCUT2D eigenvalue weighted by Gasteiger charge is -2.13. The molecule has 1 N–H and O–H groups in total. The molecule has 4 rings (SSSR count). The Balaban J connectivity index is 1.77. The van der Waals surface area contributed by atoms with Crippen molar-refractivity contribution in [3.05, 3.63) is 87.6 Å². The number of aromatic nitrogens is 1. The van der Waals surface area contributed by atoms with Crippen LogP contribution in [0.3, 0.4) is 0 Å². The molecule has 152 valence electrons. The van der Waals surface area contributed by atoms with Crippen molar-refractivity contribution in [1.82, 2.24) is 4.57 Å². The highest BCUT2D eigenvalue weighted by atomic mass is 35.5. The summed E-state index contributed by atoms with van der Waals surface area (Å²) in [5.41, 5.74) is 3.78. The van der Waals surface area contributed by atoms with Gasteiger partial charge in [0.05, 0.1) is 18.5 Å². The number of hydrogen-bond acceptors (Lipinski definition) is 3. The SMILES string of the molecule is COc1cc(Cl)c(C)cc1NC(=O)c1scc(-c2ccc(F)cc2)c1-n1cccc1. The zero-order valence-corrected chi connectivity index (χ0v) is 17.9. The molecule has 0 fully saturated rings. The number of rotatable bonds is 5. The van der Waals surface area contributed by atoms with Gasteiger partial charge in [0.15, 0.2) is 0 Å². The van der Waals surface area contributed by atoms with Gasteiger partial charge in [-0.3, -0.25) is 4.79 Å². The first-order chi connectivity index (χ1) is 14.5. The maximum Gasteiger partial charge on any atom is 0.268 e. The van der Waals surface area contributed by atoms with Crippen LogP contribution in [0, 0.1) is 12.7 Å². The number of ether oxygens (including phenoxy) is 1. The molecular weight excluding hydrogens is 423 g/mol. The molecule has 1 amide bonds. The number of carbonyl (C=O) groups excluding carboxylic acids is 1. The van der Waals surface area contributed by atoms with E-state index in [4.69, 9.17) is 16.3 Å². The summed E-state index contributed by atoms with van der Waals surface area (Å²) in [5.74, 6) is -0.0893. The highest BCUT2D eigenvalue weighted by Gasteiger charge is 2.22. The number of thiophene rings is 1. The first kappa shape index (κ1) is 20.2. The van der Waals surface area contributed by atoms with Crippen molar-refractivity contribution in [2.45, 2.75) is 6.92 Å². The summed E-state index contributed by atoms with van der Waals surface area (Å²) >= 11 is 7.50. The van der Waals surface area contributed by atoms with Gasteiger partial charge in [-0.25, -0.2) is 4.39 Å². The van der Waals surface area contributed by atoms with Gasteiger partial charge in [-0.2, -0.15) is 0 Å². The van der Waals surface area contributed by atoms with Crippen molar-refractivity contribution in [2.75, 3.05) is 12.4 Å². The number of benzene rings is 2. The van der Waals surface area contributed by atoms with E-state index in [0.717, 1.165) is 22.4 Å². The number of methoxy groups -OCH3 is 1. The number of nitrogens with zero attached hydrogens (tertiary/aromatic N) is 1. The number of nitrogens with one attached hydrogen (secondary N) is 1. The second kappa shape index (κ2) is 8.34. The molecule has 0 aliphatic rings. The minimum Gasteiger partial charge on any atom is -0.495 e. The molecule has 0 aliphatic heterocycles. The normalized spacial score (nSPS) is 10.8. The van der Waals surface area contributed by atoms with Crippen LogP contribution in [0.1, 0.15) is 15.2 Å². The minimum absolute atomic E-state index is 0.267. The van der Waals surface area contributed by atoms with E-state index < -0.39 is 0 Å². The number of anilines is 1. The second-order valence-corrected chi connectivity index (χ2v) is 7.97. The summed E-state index contributed by atoms with van der Waals surface area (Å²) in [6.07, 6.45) is 3.75. The first-order valence-corrected chi connectivity index (χ1v) is 10.4. The van der Waals surface area contributed by atoms with E-state index in [1.807, 2.05) is 41.4 Å². The maximum absolute atomic E-state index is 13.4. The molecule has 2 aromatic heterocycles. The fraction of sp³-hybridized carbons (Fsp3) is 0.0870. The van der Waals surface area contributed by atoms with Crippen LogP contribution >= 0.6 is 22.9 Å². The summed E-state index contributed by atoms with van der Waals surface area (Å²) < 4.78 is 20.6. The van der Waals surface area contributed by atoms with E-state index >= 15 is 0 Å². The molecule has 2 aromatic carbocycles. The Labute approximate surface area is 182 Å². The Bertz CT molecular complexity index is 1200. The molecule has 0 spiro atoms. The van der Waals surface area contributed by atoms with Crippen molar-refractivity contribution >= 4 is 34.5 Å². The quantitative estimate of drug-likeness (QED) is 0.381. The number of carbonyl (C=O) groups is 1. The highest BCUT2D eigenvalue weighted by Crippen LogP contribution is 2.37. The molecule has 4 nitrogen and oxygen atoms in total. The third-order valence-electron chi connectivity index (χ3n) is 4.72. The zero-order chi connectivity index (χ0) is 21.3. The highest BCUT2D eigenvalue weighted by molar-refractivity contribution is 7.13. The van der Waals surface area contributed by atoms with E-state index in [1.165, 1.54) is 30.6 Å². The molecule has 4 aromatic rings. The number of aryl methyl sites for hydroxylation is 1. The van der Waals surface area contributed by atoms with Crippen LogP contribution in [0.15, 0.2) is 66.3 Å². The summed E-state index contributed by atoms with van der Waals surface area (Å²) in [5, 5.41) is 5.40. The maximum atomic E-state index is 13.4. The minimum atomic E-state index is -0.306. The third-order valence-corrected chi connectivity index (χ3v) is 6.09. The third kappa shape index (κ3) is 3.84. The molecule has 0 saturated heterocycles. The van der Waals surface area contributed by atoms with E-state index in [0.29, 0.717) is 21.3 Å². The molecular formula is C23H18ClFN2O2S. The topological polar surface area (TPSA) is 43.3 Å². The van der Waals surface area contributed by atoms with Crippen LogP contribution in [-0.4, -0.2) is 17.6 Å². The summed E-state index contributed by atoms with van der Waals surface area (Å²) in [4.78, 5) is 13.8. The van der Waals surface area contributed by atoms with Crippen LogP contribution < -0.4 is 10.1 Å². The molecule has 2 heterocycles. The first-order valence-electron chi connectivity index (χ1n) is 9.14. The monoisotopic (exact) mass is 440 g/mol. The smallest absolute Gasteiger partial charge is 0.268 e. The lowest BCUT2D eigenvalue weighted by Crippen LogP contribution is -2.14. The van der Waals surface area contributed by atoms with Crippen molar-refractivity contribution in [2.24, 2.45) is 0 Å². The average molecular weight is 441 g/mol. The number of halogens is 2. The van der Waals surface area contributed by atoms with Gasteiger partial charge in [-0.05, 0) is 48.4 Å².